The second kappa shape index (κ2) is 6.48. The summed E-state index contributed by atoms with van der Waals surface area (Å²) in [6.07, 6.45) is 4.33. The number of anilines is 2. The van der Waals surface area contributed by atoms with Gasteiger partial charge in [0.1, 0.15) is 11.7 Å². The number of aromatic nitrogens is 2. The Morgan fingerprint density at radius 1 is 1.38 bits per heavy atom. The van der Waals surface area contributed by atoms with Gasteiger partial charge in [0.15, 0.2) is 5.82 Å². The van der Waals surface area contributed by atoms with E-state index in [1.54, 1.807) is 42.6 Å². The van der Waals surface area contributed by atoms with Crippen molar-refractivity contribution in [3.8, 4) is 5.75 Å². The van der Waals surface area contributed by atoms with Gasteiger partial charge in [-0.15, -0.1) is 0 Å². The SMILES string of the molecule is COc1cccc(NC(=O)C2Cc3c(ncn3C)N(CC3CC3)C2=O)c1. The summed E-state index contributed by atoms with van der Waals surface area (Å²) >= 11 is 0. The molecule has 0 spiro atoms. The van der Waals surface area contributed by atoms with Crippen LogP contribution in [0.15, 0.2) is 30.6 Å². The molecule has 2 aliphatic rings. The standard InChI is InChI=1S/C19H22N4O3/c1-22-11-20-17-16(22)9-15(19(25)23(17)10-12-6-7-12)18(24)21-13-4-3-5-14(8-13)26-2/h3-5,8,11-12,15H,6-7,9-10H2,1-2H3,(H,21,24). The maximum Gasteiger partial charge on any atom is 0.241 e. The molecule has 1 aromatic carbocycles. The van der Waals surface area contributed by atoms with Crippen LogP contribution in [0.1, 0.15) is 18.5 Å². The van der Waals surface area contributed by atoms with Gasteiger partial charge in [-0.25, -0.2) is 4.98 Å². The number of rotatable bonds is 5. The highest BCUT2D eigenvalue weighted by molar-refractivity contribution is 6.13. The van der Waals surface area contributed by atoms with Crippen molar-refractivity contribution < 1.29 is 14.3 Å². The number of amides is 2. The van der Waals surface area contributed by atoms with E-state index in [1.165, 1.54) is 0 Å². The Balaban J connectivity index is 1.58. The summed E-state index contributed by atoms with van der Waals surface area (Å²) in [5.74, 6) is 0.674. The second-order valence-electron chi connectivity index (χ2n) is 7.00. The zero-order valence-corrected chi connectivity index (χ0v) is 14.9. The molecule has 1 aliphatic carbocycles. The Kier molecular flexibility index (Phi) is 4.14. The Labute approximate surface area is 152 Å². The predicted molar refractivity (Wildman–Crippen MR) is 97.1 cm³/mol. The average molecular weight is 354 g/mol. The maximum atomic E-state index is 13.0. The van der Waals surface area contributed by atoms with Crippen molar-refractivity contribution in [1.82, 2.24) is 9.55 Å². The van der Waals surface area contributed by atoms with Gasteiger partial charge in [-0.2, -0.15) is 0 Å². The van der Waals surface area contributed by atoms with Crippen LogP contribution in [0.2, 0.25) is 0 Å². The van der Waals surface area contributed by atoms with Crippen molar-refractivity contribution in [3.05, 3.63) is 36.3 Å². The predicted octanol–water partition coefficient (Wildman–Crippen LogP) is 1.98. The van der Waals surface area contributed by atoms with Crippen LogP contribution in [0.3, 0.4) is 0 Å². The number of carbonyl (C=O) groups excluding carboxylic acids is 2. The van der Waals surface area contributed by atoms with Crippen LogP contribution < -0.4 is 15.0 Å². The van der Waals surface area contributed by atoms with Crippen LogP contribution in [0.5, 0.6) is 5.75 Å². The summed E-state index contributed by atoms with van der Waals surface area (Å²) in [5, 5.41) is 2.85. The van der Waals surface area contributed by atoms with Gasteiger partial charge in [0.25, 0.3) is 0 Å². The number of methoxy groups -OCH3 is 1. The molecule has 0 saturated heterocycles. The summed E-state index contributed by atoms with van der Waals surface area (Å²) in [7, 11) is 3.47. The molecule has 2 amide bonds. The first-order valence-corrected chi connectivity index (χ1v) is 8.83. The van der Waals surface area contributed by atoms with E-state index in [2.05, 4.69) is 10.3 Å². The van der Waals surface area contributed by atoms with E-state index in [9.17, 15) is 9.59 Å². The van der Waals surface area contributed by atoms with Gasteiger partial charge >= 0.3 is 0 Å². The molecular formula is C19H22N4O3. The number of nitrogens with one attached hydrogen (secondary N) is 1. The lowest BCUT2D eigenvalue weighted by atomic mass is 9.95. The lowest BCUT2D eigenvalue weighted by Crippen LogP contribution is -2.47. The van der Waals surface area contributed by atoms with Crippen molar-refractivity contribution in [3.63, 3.8) is 0 Å². The molecule has 136 valence electrons. The largest absolute Gasteiger partial charge is 0.497 e. The van der Waals surface area contributed by atoms with Gasteiger partial charge in [0.05, 0.1) is 19.1 Å². The van der Waals surface area contributed by atoms with Crippen LogP contribution >= 0.6 is 0 Å². The normalized spacial score (nSPS) is 19.2. The van der Waals surface area contributed by atoms with Gasteiger partial charge in [-0.1, -0.05) is 6.07 Å². The molecule has 1 aliphatic heterocycles. The maximum absolute atomic E-state index is 13.0. The molecule has 7 nitrogen and oxygen atoms in total. The fourth-order valence-corrected chi connectivity index (χ4v) is 3.35. The lowest BCUT2D eigenvalue weighted by molar-refractivity contribution is -0.131. The van der Waals surface area contributed by atoms with Crippen LogP contribution in [0.4, 0.5) is 11.5 Å². The highest BCUT2D eigenvalue weighted by atomic mass is 16.5. The second-order valence-corrected chi connectivity index (χ2v) is 7.00. The molecule has 1 fully saturated rings. The fraction of sp³-hybridized carbons (Fsp3) is 0.421. The van der Waals surface area contributed by atoms with Crippen molar-refractivity contribution in [1.29, 1.82) is 0 Å². The number of carbonyl (C=O) groups is 2. The highest BCUT2D eigenvalue weighted by Crippen LogP contribution is 2.36. The summed E-state index contributed by atoms with van der Waals surface area (Å²) in [5.41, 5.74) is 1.54. The molecule has 1 unspecified atom stereocenters. The third-order valence-electron chi connectivity index (χ3n) is 5.05. The molecule has 0 bridgehead atoms. The first-order chi connectivity index (χ1) is 12.6. The lowest BCUT2D eigenvalue weighted by Gasteiger charge is -2.31. The van der Waals surface area contributed by atoms with Crippen molar-refractivity contribution in [2.24, 2.45) is 18.9 Å². The molecule has 4 rings (SSSR count). The van der Waals surface area contributed by atoms with Gasteiger partial charge in [0, 0.05) is 31.8 Å². The van der Waals surface area contributed by atoms with Crippen molar-refractivity contribution >= 4 is 23.3 Å². The Morgan fingerprint density at radius 2 is 2.19 bits per heavy atom. The first kappa shape index (κ1) is 16.6. The number of imidazole rings is 1. The first-order valence-electron chi connectivity index (χ1n) is 8.83. The number of benzene rings is 1. The quantitative estimate of drug-likeness (QED) is 0.833. The molecule has 7 heteroatoms. The van der Waals surface area contributed by atoms with E-state index in [4.69, 9.17) is 4.74 Å². The molecule has 1 N–H and O–H groups in total. The molecular weight excluding hydrogens is 332 g/mol. The van der Waals surface area contributed by atoms with Crippen LogP contribution in [-0.4, -0.2) is 35.0 Å². The van der Waals surface area contributed by atoms with Crippen molar-refractivity contribution in [2.45, 2.75) is 19.3 Å². The summed E-state index contributed by atoms with van der Waals surface area (Å²) < 4.78 is 7.08. The molecule has 0 radical (unpaired) electrons. The highest BCUT2D eigenvalue weighted by Gasteiger charge is 2.41. The number of ether oxygens (including phenoxy) is 1. The van der Waals surface area contributed by atoms with E-state index < -0.39 is 5.92 Å². The van der Waals surface area contributed by atoms with Crippen LogP contribution in [-0.2, 0) is 23.1 Å². The molecule has 26 heavy (non-hydrogen) atoms. The van der Waals surface area contributed by atoms with E-state index in [1.807, 2.05) is 11.6 Å². The monoisotopic (exact) mass is 354 g/mol. The van der Waals surface area contributed by atoms with Gasteiger partial charge in [-0.05, 0) is 30.9 Å². The Hall–Kier alpha value is -2.83. The fourth-order valence-electron chi connectivity index (χ4n) is 3.35. The minimum Gasteiger partial charge on any atom is -0.497 e. The zero-order chi connectivity index (χ0) is 18.3. The van der Waals surface area contributed by atoms with E-state index in [-0.39, 0.29) is 11.8 Å². The molecule has 1 aromatic heterocycles. The molecule has 1 atom stereocenters. The minimum absolute atomic E-state index is 0.163. The molecule has 2 heterocycles. The smallest absolute Gasteiger partial charge is 0.241 e. The van der Waals surface area contributed by atoms with Gasteiger partial charge < -0.3 is 14.6 Å². The van der Waals surface area contributed by atoms with Gasteiger partial charge in [-0.3, -0.25) is 14.5 Å². The van der Waals surface area contributed by atoms with Gasteiger partial charge in [0.2, 0.25) is 11.8 Å². The zero-order valence-electron chi connectivity index (χ0n) is 14.9. The summed E-state index contributed by atoms with van der Waals surface area (Å²) in [6, 6.07) is 7.13. The third kappa shape index (κ3) is 3.05. The number of aryl methyl sites for hydroxylation is 1. The third-order valence-corrected chi connectivity index (χ3v) is 5.05. The van der Waals surface area contributed by atoms with E-state index >= 15 is 0 Å². The average Bonchev–Trinajstić information content (AvgIpc) is 3.39. The van der Waals surface area contributed by atoms with Crippen molar-refractivity contribution in [2.75, 3.05) is 23.9 Å². The topological polar surface area (TPSA) is 76.5 Å². The summed E-state index contributed by atoms with van der Waals surface area (Å²) in [4.78, 5) is 31.9. The van der Waals surface area contributed by atoms with Crippen LogP contribution in [0.25, 0.3) is 0 Å². The Bertz CT molecular complexity index is 856. The number of fused-ring (bicyclic) bond motifs is 1. The van der Waals surface area contributed by atoms with E-state index in [0.29, 0.717) is 36.1 Å². The molecule has 2 aromatic rings. The van der Waals surface area contributed by atoms with E-state index in [0.717, 1.165) is 18.5 Å². The molecule has 1 saturated carbocycles. The minimum atomic E-state index is -0.747. The van der Waals surface area contributed by atoms with Crippen LogP contribution in [0, 0.1) is 11.8 Å². The number of hydrogen-bond donors (Lipinski definition) is 1. The number of nitrogens with zero attached hydrogens (tertiary/aromatic N) is 3. The number of hydrogen-bond acceptors (Lipinski definition) is 4. The Morgan fingerprint density at radius 3 is 2.92 bits per heavy atom. The summed E-state index contributed by atoms with van der Waals surface area (Å²) in [6.45, 7) is 0.645.